The molecule has 2 aromatic carbocycles. The van der Waals surface area contributed by atoms with Gasteiger partial charge in [0.25, 0.3) is 0 Å². The van der Waals surface area contributed by atoms with Crippen molar-refractivity contribution in [3.05, 3.63) is 53.6 Å². The third-order valence-electron chi connectivity index (χ3n) is 8.89. The SMILES string of the molecule is CCOc1ccc(-c2[nH]c3ccc(C45CC6CC(CC(C6)C4)C5)cc3c2CCCCN)cc1. The van der Waals surface area contributed by atoms with E-state index in [9.17, 15) is 0 Å². The van der Waals surface area contributed by atoms with Crippen molar-refractivity contribution < 1.29 is 4.74 Å². The molecule has 3 heteroatoms. The van der Waals surface area contributed by atoms with Crippen LogP contribution in [0.4, 0.5) is 0 Å². The van der Waals surface area contributed by atoms with Crippen LogP contribution in [0.15, 0.2) is 42.5 Å². The van der Waals surface area contributed by atoms with E-state index in [1.54, 1.807) is 5.56 Å². The van der Waals surface area contributed by atoms with E-state index in [4.69, 9.17) is 10.5 Å². The van der Waals surface area contributed by atoms with Crippen LogP contribution >= 0.6 is 0 Å². The molecule has 0 atom stereocenters. The highest BCUT2D eigenvalue weighted by molar-refractivity contribution is 5.91. The lowest BCUT2D eigenvalue weighted by atomic mass is 9.48. The maximum atomic E-state index is 5.85. The van der Waals surface area contributed by atoms with Crippen LogP contribution < -0.4 is 10.5 Å². The van der Waals surface area contributed by atoms with E-state index >= 15 is 0 Å². The van der Waals surface area contributed by atoms with Gasteiger partial charge >= 0.3 is 0 Å². The molecule has 0 aliphatic heterocycles. The van der Waals surface area contributed by atoms with E-state index in [0.717, 1.165) is 49.3 Å². The zero-order valence-electron chi connectivity index (χ0n) is 20.0. The number of aromatic amines is 1. The molecule has 4 fully saturated rings. The minimum absolute atomic E-state index is 0.439. The van der Waals surface area contributed by atoms with Gasteiger partial charge in [0.15, 0.2) is 0 Å². The molecule has 0 unspecified atom stereocenters. The first kappa shape index (κ1) is 21.3. The quantitative estimate of drug-likeness (QED) is 0.370. The second kappa shape index (κ2) is 8.51. The van der Waals surface area contributed by atoms with E-state index in [1.165, 1.54) is 66.2 Å². The van der Waals surface area contributed by atoms with Crippen molar-refractivity contribution in [1.82, 2.24) is 4.98 Å². The lowest BCUT2D eigenvalue weighted by Crippen LogP contribution is -2.48. The summed E-state index contributed by atoms with van der Waals surface area (Å²) in [5.74, 6) is 3.86. The smallest absolute Gasteiger partial charge is 0.119 e. The highest BCUT2D eigenvalue weighted by Crippen LogP contribution is 2.61. The summed E-state index contributed by atoms with van der Waals surface area (Å²) in [6, 6.07) is 16.0. The molecule has 3 aromatic rings. The average molecular weight is 443 g/mol. The first-order chi connectivity index (χ1) is 16.2. The Balaban J connectivity index is 1.41. The Labute approximate surface area is 198 Å². The first-order valence-electron chi connectivity index (χ1n) is 13.3. The fourth-order valence-corrected chi connectivity index (χ4v) is 7.88. The van der Waals surface area contributed by atoms with E-state index < -0.39 is 0 Å². The van der Waals surface area contributed by atoms with Gasteiger partial charge in [0.1, 0.15) is 5.75 Å². The van der Waals surface area contributed by atoms with Crippen molar-refractivity contribution in [1.29, 1.82) is 0 Å². The second-order valence-corrected chi connectivity index (χ2v) is 11.1. The number of nitrogens with two attached hydrogens (primary N) is 1. The highest BCUT2D eigenvalue weighted by Gasteiger charge is 2.51. The zero-order valence-corrected chi connectivity index (χ0v) is 20.0. The summed E-state index contributed by atoms with van der Waals surface area (Å²) >= 11 is 0. The molecule has 174 valence electrons. The topological polar surface area (TPSA) is 51.0 Å². The summed E-state index contributed by atoms with van der Waals surface area (Å²) < 4.78 is 5.67. The van der Waals surface area contributed by atoms with Crippen LogP contribution in [0, 0.1) is 17.8 Å². The largest absolute Gasteiger partial charge is 0.494 e. The average Bonchev–Trinajstić information content (AvgIpc) is 3.17. The standard InChI is InChI=1S/C30H38N2O/c1-2-33-25-9-6-23(7-10-25)29-26(5-3-4-12-31)27-16-24(8-11-28(27)32-29)30-17-20-13-21(18-30)15-22(14-20)19-30/h6-11,16,20-22,32H,2-5,12-15,17-19,31H2,1H3. The third-order valence-corrected chi connectivity index (χ3v) is 8.89. The normalized spacial score (nSPS) is 28.0. The molecule has 1 aromatic heterocycles. The number of aryl methyl sites for hydroxylation is 1. The van der Waals surface area contributed by atoms with Crippen LogP contribution in [-0.2, 0) is 11.8 Å². The molecule has 0 spiro atoms. The van der Waals surface area contributed by atoms with E-state index in [1.807, 2.05) is 6.92 Å². The van der Waals surface area contributed by atoms with Gasteiger partial charge in [0, 0.05) is 16.6 Å². The Morgan fingerprint density at radius 3 is 2.27 bits per heavy atom. The van der Waals surface area contributed by atoms with Gasteiger partial charge < -0.3 is 15.5 Å². The molecule has 4 aliphatic rings. The number of fused-ring (bicyclic) bond motifs is 1. The fraction of sp³-hybridized carbons (Fsp3) is 0.533. The summed E-state index contributed by atoms with van der Waals surface area (Å²) in [4.78, 5) is 3.79. The summed E-state index contributed by atoms with van der Waals surface area (Å²) in [5.41, 5.74) is 13.2. The first-order valence-corrected chi connectivity index (χ1v) is 13.3. The molecule has 3 nitrogen and oxygen atoms in total. The molecule has 4 aliphatic carbocycles. The summed E-state index contributed by atoms with van der Waals surface area (Å²) in [6.07, 6.45) is 12.0. The number of benzene rings is 2. The number of nitrogens with one attached hydrogen (secondary N) is 1. The van der Waals surface area contributed by atoms with Gasteiger partial charge in [-0.25, -0.2) is 0 Å². The predicted molar refractivity (Wildman–Crippen MR) is 137 cm³/mol. The minimum atomic E-state index is 0.439. The molecular formula is C30H38N2O. The number of ether oxygens (including phenoxy) is 1. The van der Waals surface area contributed by atoms with Crippen molar-refractivity contribution in [3.8, 4) is 17.0 Å². The molecule has 4 saturated carbocycles. The van der Waals surface area contributed by atoms with Crippen LogP contribution in [-0.4, -0.2) is 18.1 Å². The van der Waals surface area contributed by atoms with Gasteiger partial charge in [-0.3, -0.25) is 0 Å². The second-order valence-electron chi connectivity index (χ2n) is 11.1. The fourth-order valence-electron chi connectivity index (χ4n) is 7.88. The van der Waals surface area contributed by atoms with Crippen molar-refractivity contribution in [3.63, 3.8) is 0 Å². The molecular weight excluding hydrogens is 404 g/mol. The van der Waals surface area contributed by atoms with Crippen LogP contribution in [0.2, 0.25) is 0 Å². The molecule has 0 saturated heterocycles. The highest BCUT2D eigenvalue weighted by atomic mass is 16.5. The number of aromatic nitrogens is 1. The molecule has 3 N–H and O–H groups in total. The number of hydrogen-bond donors (Lipinski definition) is 2. The van der Waals surface area contributed by atoms with Gasteiger partial charge in [0.2, 0.25) is 0 Å². The lowest BCUT2D eigenvalue weighted by molar-refractivity contribution is -0.00513. The number of rotatable bonds is 8. The summed E-state index contributed by atoms with van der Waals surface area (Å²) in [6.45, 7) is 3.49. The Morgan fingerprint density at radius 2 is 1.64 bits per heavy atom. The van der Waals surface area contributed by atoms with Gasteiger partial charge in [-0.2, -0.15) is 0 Å². The third kappa shape index (κ3) is 3.79. The lowest BCUT2D eigenvalue weighted by Gasteiger charge is -2.57. The molecule has 0 radical (unpaired) electrons. The number of H-pyrrole nitrogens is 1. The maximum absolute atomic E-state index is 5.85. The monoisotopic (exact) mass is 442 g/mol. The van der Waals surface area contributed by atoms with Crippen molar-refractivity contribution in [2.75, 3.05) is 13.2 Å². The van der Waals surface area contributed by atoms with Gasteiger partial charge in [-0.15, -0.1) is 0 Å². The van der Waals surface area contributed by atoms with E-state index in [0.29, 0.717) is 12.0 Å². The number of unbranched alkanes of at least 4 members (excludes halogenated alkanes) is 1. The summed E-state index contributed by atoms with van der Waals surface area (Å²) in [7, 11) is 0. The van der Waals surface area contributed by atoms with Crippen LogP contribution in [0.25, 0.3) is 22.2 Å². The van der Waals surface area contributed by atoms with Gasteiger partial charge in [0.05, 0.1) is 6.61 Å². The van der Waals surface area contributed by atoms with E-state index in [2.05, 4.69) is 47.4 Å². The maximum Gasteiger partial charge on any atom is 0.119 e. The molecule has 4 bridgehead atoms. The Kier molecular flexibility index (Phi) is 5.49. The van der Waals surface area contributed by atoms with Gasteiger partial charge in [-0.05, 0) is 148 Å². The Hall–Kier alpha value is -2.26. The van der Waals surface area contributed by atoms with E-state index in [-0.39, 0.29) is 0 Å². The van der Waals surface area contributed by atoms with Crippen LogP contribution in [0.3, 0.4) is 0 Å². The van der Waals surface area contributed by atoms with Crippen molar-refractivity contribution in [2.45, 2.75) is 70.1 Å². The minimum Gasteiger partial charge on any atom is -0.494 e. The van der Waals surface area contributed by atoms with Crippen molar-refractivity contribution >= 4 is 10.9 Å². The molecule has 1 heterocycles. The molecule has 0 amide bonds. The predicted octanol–water partition coefficient (Wildman–Crippen LogP) is 6.98. The summed E-state index contributed by atoms with van der Waals surface area (Å²) in [5, 5.41) is 1.43. The Morgan fingerprint density at radius 1 is 0.939 bits per heavy atom. The zero-order chi connectivity index (χ0) is 22.4. The number of hydrogen-bond acceptors (Lipinski definition) is 2. The van der Waals surface area contributed by atoms with Gasteiger partial charge in [-0.1, -0.05) is 6.07 Å². The molecule has 33 heavy (non-hydrogen) atoms. The van der Waals surface area contributed by atoms with Crippen LogP contribution in [0.5, 0.6) is 5.75 Å². The van der Waals surface area contributed by atoms with Crippen molar-refractivity contribution in [2.24, 2.45) is 23.5 Å². The Bertz CT molecular complexity index is 1090. The molecule has 7 rings (SSSR count). The van der Waals surface area contributed by atoms with Crippen LogP contribution in [0.1, 0.15) is 69.4 Å².